The van der Waals surface area contributed by atoms with Crippen molar-refractivity contribution in [1.29, 1.82) is 0 Å². The second kappa shape index (κ2) is 5.85. The van der Waals surface area contributed by atoms with E-state index in [2.05, 4.69) is 55.5 Å². The molecule has 17 heavy (non-hydrogen) atoms. The first-order chi connectivity index (χ1) is 7.68. The molecule has 2 aromatic rings. The standard InChI is InChI=1S/C15H17N.ClH/c1-11-6-3-4-9-15(11)14-8-5-7-13(10-14)12(2)16;/h3-10,12H,16H2,1-2H3;1H/t12-;/m1./s1. The molecular formula is C15H18ClN. The lowest BCUT2D eigenvalue weighted by atomic mass is 9.97. The molecule has 0 bridgehead atoms. The fourth-order valence-electron chi connectivity index (χ4n) is 1.89. The van der Waals surface area contributed by atoms with Crippen LogP contribution < -0.4 is 5.73 Å². The van der Waals surface area contributed by atoms with Crippen molar-refractivity contribution in [3.8, 4) is 11.1 Å². The molecule has 1 atom stereocenters. The van der Waals surface area contributed by atoms with Gasteiger partial charge in [0.2, 0.25) is 0 Å². The van der Waals surface area contributed by atoms with Crippen molar-refractivity contribution in [1.82, 2.24) is 0 Å². The molecule has 0 unspecified atom stereocenters. The van der Waals surface area contributed by atoms with E-state index in [4.69, 9.17) is 5.73 Å². The van der Waals surface area contributed by atoms with Gasteiger partial charge >= 0.3 is 0 Å². The second-order valence-corrected chi connectivity index (χ2v) is 4.23. The van der Waals surface area contributed by atoms with E-state index in [1.54, 1.807) is 0 Å². The average molecular weight is 248 g/mol. The van der Waals surface area contributed by atoms with E-state index >= 15 is 0 Å². The Bertz CT molecular complexity index is 492. The molecule has 2 aromatic carbocycles. The molecule has 2 heteroatoms. The lowest BCUT2D eigenvalue weighted by molar-refractivity contribution is 0.818. The lowest BCUT2D eigenvalue weighted by Crippen LogP contribution is -2.04. The van der Waals surface area contributed by atoms with Crippen LogP contribution in [-0.2, 0) is 0 Å². The Kier molecular flexibility index (Phi) is 4.73. The highest BCUT2D eigenvalue weighted by molar-refractivity contribution is 5.85. The van der Waals surface area contributed by atoms with E-state index in [9.17, 15) is 0 Å². The zero-order valence-corrected chi connectivity index (χ0v) is 11.0. The molecule has 0 saturated carbocycles. The van der Waals surface area contributed by atoms with Gasteiger partial charge in [0.25, 0.3) is 0 Å². The number of nitrogens with two attached hydrogens (primary N) is 1. The number of hydrogen-bond donors (Lipinski definition) is 1. The van der Waals surface area contributed by atoms with Crippen molar-refractivity contribution in [2.24, 2.45) is 5.73 Å². The predicted molar refractivity (Wildman–Crippen MR) is 76.5 cm³/mol. The molecule has 0 aromatic heterocycles. The molecule has 0 spiro atoms. The first kappa shape index (κ1) is 13.8. The topological polar surface area (TPSA) is 26.0 Å². The van der Waals surface area contributed by atoms with Crippen LogP contribution in [0.2, 0.25) is 0 Å². The maximum absolute atomic E-state index is 5.90. The monoisotopic (exact) mass is 247 g/mol. The third kappa shape index (κ3) is 3.09. The van der Waals surface area contributed by atoms with Gasteiger partial charge in [-0.05, 0) is 42.2 Å². The van der Waals surface area contributed by atoms with Crippen molar-refractivity contribution in [3.05, 3.63) is 59.7 Å². The molecule has 0 saturated heterocycles. The van der Waals surface area contributed by atoms with Gasteiger partial charge in [-0.2, -0.15) is 0 Å². The van der Waals surface area contributed by atoms with E-state index < -0.39 is 0 Å². The molecule has 0 fully saturated rings. The second-order valence-electron chi connectivity index (χ2n) is 4.23. The van der Waals surface area contributed by atoms with E-state index in [0.29, 0.717) is 0 Å². The van der Waals surface area contributed by atoms with Crippen LogP contribution in [0.4, 0.5) is 0 Å². The summed E-state index contributed by atoms with van der Waals surface area (Å²) in [5, 5.41) is 0. The summed E-state index contributed by atoms with van der Waals surface area (Å²) < 4.78 is 0. The summed E-state index contributed by atoms with van der Waals surface area (Å²) in [5.74, 6) is 0. The van der Waals surface area contributed by atoms with Crippen LogP contribution >= 0.6 is 12.4 Å². The first-order valence-corrected chi connectivity index (χ1v) is 5.60. The maximum atomic E-state index is 5.90. The Morgan fingerprint density at radius 3 is 2.35 bits per heavy atom. The van der Waals surface area contributed by atoms with Gasteiger partial charge in [-0.3, -0.25) is 0 Å². The maximum Gasteiger partial charge on any atom is 0.0266 e. The summed E-state index contributed by atoms with van der Waals surface area (Å²) in [6.07, 6.45) is 0. The quantitative estimate of drug-likeness (QED) is 0.850. The summed E-state index contributed by atoms with van der Waals surface area (Å²) in [4.78, 5) is 0. The fourth-order valence-corrected chi connectivity index (χ4v) is 1.89. The Hall–Kier alpha value is -1.31. The van der Waals surface area contributed by atoms with Crippen LogP contribution in [0.1, 0.15) is 24.1 Å². The SMILES string of the molecule is Cc1ccccc1-c1cccc([C@@H](C)N)c1.Cl. The highest BCUT2D eigenvalue weighted by Crippen LogP contribution is 2.25. The molecule has 0 heterocycles. The Morgan fingerprint density at radius 1 is 1.00 bits per heavy atom. The van der Waals surface area contributed by atoms with Crippen LogP contribution in [0, 0.1) is 6.92 Å². The Morgan fingerprint density at radius 2 is 1.71 bits per heavy atom. The van der Waals surface area contributed by atoms with Gasteiger partial charge in [0.05, 0.1) is 0 Å². The van der Waals surface area contributed by atoms with E-state index in [1.807, 2.05) is 6.92 Å². The van der Waals surface area contributed by atoms with E-state index in [1.165, 1.54) is 22.3 Å². The lowest BCUT2D eigenvalue weighted by Gasteiger charge is -2.10. The van der Waals surface area contributed by atoms with E-state index in [-0.39, 0.29) is 18.4 Å². The smallest absolute Gasteiger partial charge is 0.0266 e. The van der Waals surface area contributed by atoms with Gasteiger partial charge in [0.1, 0.15) is 0 Å². The minimum Gasteiger partial charge on any atom is -0.324 e. The minimum absolute atomic E-state index is 0. The third-order valence-corrected chi connectivity index (χ3v) is 2.87. The highest BCUT2D eigenvalue weighted by atomic mass is 35.5. The van der Waals surface area contributed by atoms with Gasteiger partial charge in [-0.25, -0.2) is 0 Å². The molecule has 0 amide bonds. The van der Waals surface area contributed by atoms with Crippen molar-refractivity contribution in [3.63, 3.8) is 0 Å². The molecule has 0 radical (unpaired) electrons. The van der Waals surface area contributed by atoms with Crippen LogP contribution in [0.5, 0.6) is 0 Å². The molecule has 0 aliphatic heterocycles. The average Bonchev–Trinajstić information content (AvgIpc) is 2.30. The number of rotatable bonds is 2. The fraction of sp³-hybridized carbons (Fsp3) is 0.200. The van der Waals surface area contributed by atoms with Gasteiger partial charge in [-0.15, -0.1) is 12.4 Å². The molecule has 0 aliphatic carbocycles. The predicted octanol–water partition coefficient (Wildman–Crippen LogP) is 4.10. The summed E-state index contributed by atoms with van der Waals surface area (Å²) in [5.41, 5.74) is 10.9. The molecular weight excluding hydrogens is 230 g/mol. The van der Waals surface area contributed by atoms with Gasteiger partial charge in [0.15, 0.2) is 0 Å². The number of aryl methyl sites for hydroxylation is 1. The summed E-state index contributed by atoms with van der Waals surface area (Å²) in [6, 6.07) is 17.0. The van der Waals surface area contributed by atoms with Crippen LogP contribution in [-0.4, -0.2) is 0 Å². The van der Waals surface area contributed by atoms with Gasteiger partial charge in [0, 0.05) is 6.04 Å². The summed E-state index contributed by atoms with van der Waals surface area (Å²) in [7, 11) is 0. The van der Waals surface area contributed by atoms with Gasteiger partial charge < -0.3 is 5.73 Å². The Balaban J connectivity index is 0.00000144. The normalized spacial score (nSPS) is 11.7. The molecule has 1 nitrogen and oxygen atoms in total. The number of hydrogen-bond acceptors (Lipinski definition) is 1. The van der Waals surface area contributed by atoms with Crippen LogP contribution in [0.15, 0.2) is 48.5 Å². The van der Waals surface area contributed by atoms with Crippen molar-refractivity contribution in [2.45, 2.75) is 19.9 Å². The molecule has 90 valence electrons. The Labute approximate surface area is 109 Å². The summed E-state index contributed by atoms with van der Waals surface area (Å²) in [6.45, 7) is 4.14. The summed E-state index contributed by atoms with van der Waals surface area (Å²) >= 11 is 0. The molecule has 0 aliphatic rings. The highest BCUT2D eigenvalue weighted by Gasteiger charge is 2.03. The zero-order chi connectivity index (χ0) is 11.5. The van der Waals surface area contributed by atoms with Crippen LogP contribution in [0.25, 0.3) is 11.1 Å². The van der Waals surface area contributed by atoms with Crippen molar-refractivity contribution < 1.29 is 0 Å². The van der Waals surface area contributed by atoms with E-state index in [0.717, 1.165) is 0 Å². The van der Waals surface area contributed by atoms with Crippen molar-refractivity contribution >= 4 is 12.4 Å². The molecule has 2 rings (SSSR count). The van der Waals surface area contributed by atoms with Crippen LogP contribution in [0.3, 0.4) is 0 Å². The first-order valence-electron chi connectivity index (χ1n) is 5.60. The number of benzene rings is 2. The van der Waals surface area contributed by atoms with Gasteiger partial charge in [-0.1, -0.05) is 42.5 Å². The minimum atomic E-state index is 0. The number of halogens is 1. The largest absolute Gasteiger partial charge is 0.324 e. The zero-order valence-electron chi connectivity index (χ0n) is 10.2. The van der Waals surface area contributed by atoms with Crippen molar-refractivity contribution in [2.75, 3.05) is 0 Å². The third-order valence-electron chi connectivity index (χ3n) is 2.87. The molecule has 2 N–H and O–H groups in total.